The number of hydrogen-bond donors (Lipinski definition) is 0. The number of benzene rings is 2. The van der Waals surface area contributed by atoms with Gasteiger partial charge in [-0.25, -0.2) is 8.78 Å². The molecule has 0 heterocycles. The van der Waals surface area contributed by atoms with E-state index in [9.17, 15) is 18.4 Å². The fourth-order valence-electron chi connectivity index (χ4n) is 1.59. The van der Waals surface area contributed by atoms with Gasteiger partial charge in [-0.1, -0.05) is 18.5 Å². The summed E-state index contributed by atoms with van der Waals surface area (Å²) in [4.78, 5) is 21.7. The first-order valence-electron chi connectivity index (χ1n) is 6.60. The van der Waals surface area contributed by atoms with Gasteiger partial charge in [-0.05, 0) is 43.3 Å². The van der Waals surface area contributed by atoms with Crippen LogP contribution < -0.4 is 0 Å². The summed E-state index contributed by atoms with van der Waals surface area (Å²) in [5, 5.41) is 0.657. The Morgan fingerprint density at radius 3 is 2.09 bits per heavy atom. The Kier molecular flexibility index (Phi) is 6.86. The summed E-state index contributed by atoms with van der Waals surface area (Å²) in [7, 11) is 0. The lowest BCUT2D eigenvalue weighted by Gasteiger charge is -1.98. The van der Waals surface area contributed by atoms with Crippen molar-refractivity contribution >= 4 is 23.2 Å². The maximum absolute atomic E-state index is 12.8. The summed E-state index contributed by atoms with van der Waals surface area (Å²) in [6.45, 7) is 3.16. The molecule has 0 radical (unpaired) electrons. The molecule has 2 nitrogen and oxygen atoms in total. The molecular weight excluding hydrogens is 310 g/mol. The fourth-order valence-corrected chi connectivity index (χ4v) is 1.72. The maximum Gasteiger partial charge on any atom is 0.165 e. The van der Waals surface area contributed by atoms with Crippen molar-refractivity contribution in [3.8, 4) is 0 Å². The smallest absolute Gasteiger partial charge is 0.165 e. The summed E-state index contributed by atoms with van der Waals surface area (Å²) >= 11 is 5.61. The van der Waals surface area contributed by atoms with E-state index < -0.39 is 11.6 Å². The van der Waals surface area contributed by atoms with E-state index in [1.807, 2.05) is 0 Å². The molecule has 5 heteroatoms. The molecule has 0 saturated carbocycles. The van der Waals surface area contributed by atoms with Crippen LogP contribution in [0.2, 0.25) is 5.02 Å². The highest BCUT2D eigenvalue weighted by molar-refractivity contribution is 6.30. The monoisotopic (exact) mass is 324 g/mol. The average Bonchev–Trinajstić information content (AvgIpc) is 2.47. The average molecular weight is 325 g/mol. The summed E-state index contributed by atoms with van der Waals surface area (Å²) in [5.41, 5.74) is 0.656. The van der Waals surface area contributed by atoms with Gasteiger partial charge in [-0.15, -0.1) is 0 Å². The molecule has 22 heavy (non-hydrogen) atoms. The van der Waals surface area contributed by atoms with E-state index in [1.54, 1.807) is 31.2 Å². The standard InChI is InChI=1S/C9H8F2O.C8H7ClO/c1-2-9(12)7-4-3-6(10)5-8(7)11;1-6(10)7-2-4-8(9)5-3-7/h3-5H,2H2,1H3;2-5H,1H3. The molecule has 116 valence electrons. The predicted octanol–water partition coefficient (Wildman–Crippen LogP) is 5.10. The van der Waals surface area contributed by atoms with Crippen molar-refractivity contribution in [1.82, 2.24) is 0 Å². The summed E-state index contributed by atoms with van der Waals surface area (Å²) in [6, 6.07) is 9.79. The molecule has 0 N–H and O–H groups in total. The van der Waals surface area contributed by atoms with Gasteiger partial charge in [0.1, 0.15) is 11.6 Å². The number of hydrogen-bond acceptors (Lipinski definition) is 2. The molecule has 0 aliphatic rings. The van der Waals surface area contributed by atoms with Crippen molar-refractivity contribution in [2.24, 2.45) is 0 Å². The lowest BCUT2D eigenvalue weighted by atomic mass is 10.1. The number of halogens is 3. The van der Waals surface area contributed by atoms with E-state index in [0.717, 1.165) is 12.1 Å². The van der Waals surface area contributed by atoms with Gasteiger partial charge < -0.3 is 0 Å². The van der Waals surface area contributed by atoms with Gasteiger partial charge in [0.05, 0.1) is 5.56 Å². The molecule has 0 aliphatic heterocycles. The third-order valence-corrected chi connectivity index (χ3v) is 3.06. The molecule has 0 saturated heterocycles. The molecular formula is C17H15ClF2O2. The Bertz CT molecular complexity index is 667. The first kappa shape index (κ1) is 18.0. The highest BCUT2D eigenvalue weighted by Gasteiger charge is 2.09. The first-order valence-corrected chi connectivity index (χ1v) is 6.97. The molecule has 0 amide bonds. The van der Waals surface area contributed by atoms with Gasteiger partial charge in [0.25, 0.3) is 0 Å². The van der Waals surface area contributed by atoms with Gasteiger partial charge in [-0.2, -0.15) is 0 Å². The van der Waals surface area contributed by atoms with E-state index in [4.69, 9.17) is 11.6 Å². The van der Waals surface area contributed by atoms with Gasteiger partial charge in [0.15, 0.2) is 11.6 Å². The predicted molar refractivity (Wildman–Crippen MR) is 82.4 cm³/mol. The van der Waals surface area contributed by atoms with Crippen molar-refractivity contribution in [2.75, 3.05) is 0 Å². The lowest BCUT2D eigenvalue weighted by Crippen LogP contribution is -2.00. The van der Waals surface area contributed by atoms with Crippen LogP contribution in [0.15, 0.2) is 42.5 Å². The van der Waals surface area contributed by atoms with E-state index in [0.29, 0.717) is 16.7 Å². The topological polar surface area (TPSA) is 34.1 Å². The van der Waals surface area contributed by atoms with Crippen LogP contribution in [0.3, 0.4) is 0 Å². The van der Waals surface area contributed by atoms with Crippen LogP contribution in [-0.4, -0.2) is 11.6 Å². The highest BCUT2D eigenvalue weighted by Crippen LogP contribution is 2.11. The van der Waals surface area contributed by atoms with Crippen LogP contribution in [0.1, 0.15) is 41.0 Å². The van der Waals surface area contributed by atoms with Gasteiger partial charge >= 0.3 is 0 Å². The molecule has 0 spiro atoms. The molecule has 0 aromatic heterocycles. The highest BCUT2D eigenvalue weighted by atomic mass is 35.5. The minimum Gasteiger partial charge on any atom is -0.295 e. The molecule has 0 aliphatic carbocycles. The zero-order valence-electron chi connectivity index (χ0n) is 12.2. The fraction of sp³-hybridized carbons (Fsp3) is 0.176. The second kappa shape index (κ2) is 8.39. The Morgan fingerprint density at radius 2 is 1.64 bits per heavy atom. The largest absolute Gasteiger partial charge is 0.295 e. The Morgan fingerprint density at radius 1 is 1.05 bits per heavy atom. The molecule has 0 atom stereocenters. The zero-order valence-corrected chi connectivity index (χ0v) is 13.0. The van der Waals surface area contributed by atoms with Gasteiger partial charge in [0.2, 0.25) is 0 Å². The van der Waals surface area contributed by atoms with E-state index >= 15 is 0 Å². The molecule has 0 unspecified atom stereocenters. The van der Waals surface area contributed by atoms with Crippen LogP contribution in [0, 0.1) is 11.6 Å². The second-order valence-corrected chi connectivity index (χ2v) is 4.90. The Hall–Kier alpha value is -2.07. The van der Waals surface area contributed by atoms with Gasteiger partial charge in [0, 0.05) is 23.1 Å². The quantitative estimate of drug-likeness (QED) is 0.736. The van der Waals surface area contributed by atoms with E-state index in [1.165, 1.54) is 6.92 Å². The Balaban J connectivity index is 0.000000224. The summed E-state index contributed by atoms with van der Waals surface area (Å²) in [6.07, 6.45) is 0.225. The van der Waals surface area contributed by atoms with Crippen molar-refractivity contribution in [2.45, 2.75) is 20.3 Å². The SMILES string of the molecule is CC(=O)c1ccc(Cl)cc1.CCC(=O)c1ccc(F)cc1F. The maximum atomic E-state index is 12.8. The number of carbonyl (C=O) groups is 2. The van der Waals surface area contributed by atoms with Crippen LogP contribution in [0.4, 0.5) is 8.78 Å². The molecule has 0 fully saturated rings. The number of ketones is 2. The summed E-state index contributed by atoms with van der Waals surface area (Å²) < 4.78 is 25.2. The van der Waals surface area contributed by atoms with Crippen molar-refractivity contribution in [3.05, 3.63) is 70.2 Å². The van der Waals surface area contributed by atoms with Crippen molar-refractivity contribution < 1.29 is 18.4 Å². The van der Waals surface area contributed by atoms with Crippen LogP contribution in [0.5, 0.6) is 0 Å². The molecule has 2 rings (SSSR count). The molecule has 2 aromatic rings. The van der Waals surface area contributed by atoms with Crippen molar-refractivity contribution in [1.29, 1.82) is 0 Å². The summed E-state index contributed by atoms with van der Waals surface area (Å²) in [5.74, 6) is -1.70. The number of carbonyl (C=O) groups excluding carboxylic acids is 2. The van der Waals surface area contributed by atoms with Crippen LogP contribution in [-0.2, 0) is 0 Å². The van der Waals surface area contributed by atoms with Crippen LogP contribution in [0.25, 0.3) is 0 Å². The normalized spacial score (nSPS) is 9.68. The number of Topliss-reactive ketones (excluding diaryl/α,β-unsaturated/α-hetero) is 2. The van der Waals surface area contributed by atoms with Gasteiger partial charge in [-0.3, -0.25) is 9.59 Å². The zero-order chi connectivity index (χ0) is 16.7. The third-order valence-electron chi connectivity index (χ3n) is 2.80. The van der Waals surface area contributed by atoms with E-state index in [2.05, 4.69) is 0 Å². The number of rotatable bonds is 3. The minimum absolute atomic E-state index is 0.0427. The van der Waals surface area contributed by atoms with E-state index in [-0.39, 0.29) is 23.6 Å². The minimum atomic E-state index is -0.790. The third kappa shape index (κ3) is 5.37. The van der Waals surface area contributed by atoms with Crippen molar-refractivity contribution in [3.63, 3.8) is 0 Å². The molecule has 2 aromatic carbocycles. The Labute approximate surface area is 132 Å². The lowest BCUT2D eigenvalue weighted by molar-refractivity contribution is 0.0982. The second-order valence-electron chi connectivity index (χ2n) is 4.46. The van der Waals surface area contributed by atoms with Crippen LogP contribution >= 0.6 is 11.6 Å². The molecule has 0 bridgehead atoms. The first-order chi connectivity index (χ1) is 10.3.